The first-order valence-corrected chi connectivity index (χ1v) is 14.5. The topological polar surface area (TPSA) is 111 Å². The number of sulfonamides is 2. The van der Waals surface area contributed by atoms with Crippen molar-refractivity contribution in [3.8, 4) is 22.6 Å². The fourth-order valence-corrected chi connectivity index (χ4v) is 5.74. The summed E-state index contributed by atoms with van der Waals surface area (Å²) in [7, 11) is -9.07. The summed E-state index contributed by atoms with van der Waals surface area (Å²) in [5, 5.41) is 0. The zero-order valence-electron chi connectivity index (χ0n) is 21.1. The number of hydrogen-bond donors (Lipinski definition) is 2. The van der Waals surface area contributed by atoms with Gasteiger partial charge in [-0.25, -0.2) is 21.2 Å². The van der Waals surface area contributed by atoms with Crippen molar-refractivity contribution in [2.24, 2.45) is 0 Å². The number of rotatable bonds is 9. The second-order valence-corrected chi connectivity index (χ2v) is 11.9. The van der Waals surface area contributed by atoms with E-state index in [1.807, 2.05) is 0 Å². The molecule has 0 spiro atoms. The smallest absolute Gasteiger partial charge is 0.406 e. The summed E-state index contributed by atoms with van der Waals surface area (Å²) in [4.78, 5) is -1.01. The lowest BCUT2D eigenvalue weighted by Crippen LogP contribution is -2.19. The van der Waals surface area contributed by atoms with Gasteiger partial charge in [0.05, 0.1) is 21.2 Å². The Bertz CT molecular complexity index is 1810. The van der Waals surface area contributed by atoms with Gasteiger partial charge in [0.15, 0.2) is 0 Å². The van der Waals surface area contributed by atoms with Crippen LogP contribution in [0.2, 0.25) is 0 Å². The third-order valence-corrected chi connectivity index (χ3v) is 8.18. The number of hydrogen-bond acceptors (Lipinski definition) is 6. The summed E-state index contributed by atoms with van der Waals surface area (Å²) in [6, 6.07) is 15.1. The number of halogens is 7. The van der Waals surface area contributed by atoms with E-state index in [-0.39, 0.29) is 11.4 Å². The number of benzene rings is 4. The lowest BCUT2D eigenvalue weighted by Gasteiger charge is -2.17. The Labute approximate surface area is 239 Å². The molecule has 0 aliphatic heterocycles. The summed E-state index contributed by atoms with van der Waals surface area (Å²) in [6.45, 7) is 0. The third kappa shape index (κ3) is 8.51. The van der Waals surface area contributed by atoms with Crippen molar-refractivity contribution in [3.63, 3.8) is 0 Å². The summed E-state index contributed by atoms with van der Waals surface area (Å²) in [5.41, 5.74) is 0.0357. The van der Waals surface area contributed by atoms with E-state index in [0.717, 1.165) is 60.7 Å². The summed E-state index contributed by atoms with van der Waals surface area (Å²) in [5.74, 6) is -1.93. The highest BCUT2D eigenvalue weighted by atomic mass is 32.2. The molecule has 0 amide bonds. The fraction of sp³-hybridized carbons (Fsp3) is 0.0769. The minimum Gasteiger partial charge on any atom is -0.406 e. The molecule has 0 saturated heterocycles. The summed E-state index contributed by atoms with van der Waals surface area (Å²) >= 11 is 0. The largest absolute Gasteiger partial charge is 0.573 e. The van der Waals surface area contributed by atoms with E-state index in [9.17, 15) is 47.6 Å². The van der Waals surface area contributed by atoms with Crippen molar-refractivity contribution in [1.29, 1.82) is 0 Å². The van der Waals surface area contributed by atoms with Crippen LogP contribution in [0.15, 0.2) is 101 Å². The minimum atomic E-state index is -5.02. The lowest BCUT2D eigenvalue weighted by molar-refractivity contribution is -0.275. The van der Waals surface area contributed by atoms with E-state index < -0.39 is 59.9 Å². The minimum absolute atomic E-state index is 0.309. The quantitative estimate of drug-likeness (QED) is 0.191. The predicted molar refractivity (Wildman–Crippen MR) is 140 cm³/mol. The molecule has 0 atom stereocenters. The van der Waals surface area contributed by atoms with Gasteiger partial charge >= 0.3 is 12.7 Å². The van der Waals surface area contributed by atoms with Crippen LogP contribution in [0.5, 0.6) is 11.5 Å². The first-order chi connectivity index (χ1) is 19.9. The first-order valence-electron chi connectivity index (χ1n) is 11.6. The third-order valence-electron chi connectivity index (χ3n) is 5.42. The maximum absolute atomic E-state index is 13.4. The molecule has 2 N–H and O–H groups in total. The summed E-state index contributed by atoms with van der Waals surface area (Å²) < 4.78 is 152. The Balaban J connectivity index is 1.69. The lowest BCUT2D eigenvalue weighted by atomic mass is 10.0. The van der Waals surface area contributed by atoms with Gasteiger partial charge in [-0.2, -0.15) is 0 Å². The monoisotopic (exact) mass is 650 g/mol. The molecule has 0 aliphatic carbocycles. The van der Waals surface area contributed by atoms with Gasteiger partial charge in [-0.1, -0.05) is 18.2 Å². The van der Waals surface area contributed by atoms with Crippen molar-refractivity contribution < 1.29 is 57.0 Å². The molecule has 0 unspecified atom stereocenters. The van der Waals surface area contributed by atoms with Crippen molar-refractivity contribution in [2.45, 2.75) is 22.5 Å². The van der Waals surface area contributed by atoms with Crippen molar-refractivity contribution in [3.05, 3.63) is 96.8 Å². The second kappa shape index (κ2) is 11.6. The fourth-order valence-electron chi connectivity index (χ4n) is 3.59. The van der Waals surface area contributed by atoms with Crippen LogP contribution in [0.3, 0.4) is 0 Å². The SMILES string of the molecule is O=S(=O)(Nc1ccc(-c2ccc(F)cc2)cc1NS(=O)(=O)c1ccc(OC(F)(F)F)cc1)c1ccc(OC(F)(F)F)cc1. The first kappa shape index (κ1) is 31.4. The van der Waals surface area contributed by atoms with Crippen LogP contribution in [0.4, 0.5) is 42.1 Å². The van der Waals surface area contributed by atoms with E-state index in [4.69, 9.17) is 0 Å². The van der Waals surface area contributed by atoms with Gasteiger partial charge < -0.3 is 9.47 Å². The molecule has 4 aromatic rings. The van der Waals surface area contributed by atoms with Crippen LogP contribution >= 0.6 is 0 Å². The van der Waals surface area contributed by atoms with Gasteiger partial charge in [-0.3, -0.25) is 9.44 Å². The van der Waals surface area contributed by atoms with Gasteiger partial charge in [0, 0.05) is 0 Å². The van der Waals surface area contributed by atoms with E-state index in [1.54, 1.807) is 0 Å². The molecule has 0 heterocycles. The number of ether oxygens (including phenoxy) is 2. The van der Waals surface area contributed by atoms with Crippen molar-refractivity contribution in [1.82, 2.24) is 0 Å². The molecule has 43 heavy (non-hydrogen) atoms. The van der Waals surface area contributed by atoms with Crippen LogP contribution in [0.25, 0.3) is 11.1 Å². The molecule has 0 bridgehead atoms. The molecule has 0 radical (unpaired) electrons. The predicted octanol–water partition coefficient (Wildman–Crippen LogP) is 6.89. The van der Waals surface area contributed by atoms with Gasteiger partial charge in [0.2, 0.25) is 0 Å². The van der Waals surface area contributed by atoms with Crippen LogP contribution in [0.1, 0.15) is 0 Å². The molecule has 8 nitrogen and oxygen atoms in total. The van der Waals surface area contributed by atoms with E-state index in [2.05, 4.69) is 18.9 Å². The molecule has 0 fully saturated rings. The molecule has 0 aromatic heterocycles. The van der Waals surface area contributed by atoms with Crippen LogP contribution in [-0.4, -0.2) is 29.6 Å². The van der Waals surface area contributed by atoms with Crippen molar-refractivity contribution in [2.75, 3.05) is 9.44 Å². The zero-order valence-corrected chi connectivity index (χ0v) is 22.7. The molecule has 0 saturated carbocycles. The molecular formula is C26H17F7N2O6S2. The Morgan fingerprint density at radius 2 is 0.907 bits per heavy atom. The van der Waals surface area contributed by atoms with E-state index in [1.165, 1.54) is 30.3 Å². The van der Waals surface area contributed by atoms with Crippen LogP contribution in [0, 0.1) is 5.82 Å². The molecule has 228 valence electrons. The highest BCUT2D eigenvalue weighted by Gasteiger charge is 2.32. The molecule has 0 aliphatic rings. The Morgan fingerprint density at radius 3 is 1.33 bits per heavy atom. The van der Waals surface area contributed by atoms with E-state index in [0.29, 0.717) is 11.1 Å². The Morgan fingerprint density at radius 1 is 0.512 bits per heavy atom. The average molecular weight is 651 g/mol. The summed E-state index contributed by atoms with van der Waals surface area (Å²) in [6.07, 6.45) is -10.0. The highest BCUT2D eigenvalue weighted by molar-refractivity contribution is 7.93. The zero-order chi connectivity index (χ0) is 31.6. The molecule has 17 heteroatoms. The Kier molecular flexibility index (Phi) is 8.51. The van der Waals surface area contributed by atoms with E-state index >= 15 is 0 Å². The molecular weight excluding hydrogens is 633 g/mol. The maximum atomic E-state index is 13.4. The Hall–Kier alpha value is -4.51. The molecule has 4 aromatic carbocycles. The van der Waals surface area contributed by atoms with Crippen LogP contribution < -0.4 is 18.9 Å². The van der Waals surface area contributed by atoms with Gasteiger partial charge in [-0.05, 0) is 83.9 Å². The highest BCUT2D eigenvalue weighted by Crippen LogP contribution is 2.33. The van der Waals surface area contributed by atoms with Crippen LogP contribution in [-0.2, 0) is 20.0 Å². The molecule has 4 rings (SSSR count). The maximum Gasteiger partial charge on any atom is 0.573 e. The second-order valence-electron chi connectivity index (χ2n) is 8.52. The number of anilines is 2. The number of nitrogens with one attached hydrogen (secondary N) is 2. The average Bonchev–Trinajstić information content (AvgIpc) is 2.89. The van der Waals surface area contributed by atoms with Crippen molar-refractivity contribution >= 4 is 31.4 Å². The van der Waals surface area contributed by atoms with Gasteiger partial charge in [0.1, 0.15) is 17.3 Å². The van der Waals surface area contributed by atoms with Gasteiger partial charge in [-0.15, -0.1) is 26.3 Å². The standard InChI is InChI=1S/C26H17F7N2O6S2/c27-18-4-1-16(2-5-18)17-3-14-23(34-42(36,37)21-10-6-19(7-11-21)40-25(28,29)30)24(15-17)35-43(38,39)22-12-8-20(9-13-22)41-26(31,32)33/h1-15,34-35H. The number of alkyl halides is 6. The van der Waals surface area contributed by atoms with Gasteiger partial charge in [0.25, 0.3) is 20.0 Å². The normalized spacial score (nSPS) is 12.4.